The molecule has 18 heavy (non-hydrogen) atoms. The first-order valence-electron chi connectivity index (χ1n) is 5.89. The molecule has 1 unspecified atom stereocenters. The molecule has 0 aromatic carbocycles. The van der Waals surface area contributed by atoms with E-state index in [9.17, 15) is 0 Å². The van der Waals surface area contributed by atoms with Crippen molar-refractivity contribution >= 4 is 28.6 Å². The van der Waals surface area contributed by atoms with E-state index in [-0.39, 0.29) is 6.10 Å². The van der Waals surface area contributed by atoms with Gasteiger partial charge in [-0.1, -0.05) is 11.8 Å². The van der Waals surface area contributed by atoms with E-state index in [0.29, 0.717) is 0 Å². The number of nitrogens with one attached hydrogen (secondary N) is 1. The Morgan fingerprint density at radius 2 is 2.44 bits per heavy atom. The van der Waals surface area contributed by atoms with Crippen LogP contribution in [0.1, 0.15) is 6.92 Å². The van der Waals surface area contributed by atoms with Crippen molar-refractivity contribution in [3.63, 3.8) is 0 Å². The highest BCUT2D eigenvalue weighted by molar-refractivity contribution is 7.98. The Hall–Kier alpha value is -1.34. The van der Waals surface area contributed by atoms with E-state index in [1.807, 2.05) is 12.5 Å². The van der Waals surface area contributed by atoms with Gasteiger partial charge in [-0.2, -0.15) is 5.10 Å². The van der Waals surface area contributed by atoms with Crippen molar-refractivity contribution in [1.82, 2.24) is 20.2 Å². The number of aromatic nitrogens is 4. The third-order valence-corrected chi connectivity index (χ3v) is 3.56. The number of hydrogen-bond donors (Lipinski definition) is 1. The first-order valence-corrected chi connectivity index (χ1v) is 7.12. The zero-order valence-corrected chi connectivity index (χ0v) is 11.2. The summed E-state index contributed by atoms with van der Waals surface area (Å²) in [6.07, 6.45) is 4.03. The van der Waals surface area contributed by atoms with E-state index in [2.05, 4.69) is 32.0 Å². The predicted octanol–water partition coefficient (Wildman–Crippen LogP) is 1.30. The number of rotatable bonds is 2. The number of thioether (sulfide) groups is 1. The van der Waals surface area contributed by atoms with E-state index in [1.165, 1.54) is 11.8 Å². The van der Waals surface area contributed by atoms with E-state index >= 15 is 0 Å². The van der Waals surface area contributed by atoms with Crippen LogP contribution >= 0.6 is 11.8 Å². The molecule has 0 radical (unpaired) electrons. The molecule has 2 aromatic rings. The summed E-state index contributed by atoms with van der Waals surface area (Å²) in [5.74, 6) is 0.924. The van der Waals surface area contributed by atoms with Gasteiger partial charge in [-0.05, 0) is 13.2 Å². The van der Waals surface area contributed by atoms with Crippen molar-refractivity contribution in [3.8, 4) is 0 Å². The molecule has 1 aliphatic rings. The van der Waals surface area contributed by atoms with Gasteiger partial charge < -0.3 is 9.64 Å². The summed E-state index contributed by atoms with van der Waals surface area (Å²) in [7, 11) is 0. The van der Waals surface area contributed by atoms with Crippen molar-refractivity contribution in [2.75, 3.05) is 30.9 Å². The lowest BCUT2D eigenvalue weighted by Crippen LogP contribution is -2.41. The third kappa shape index (κ3) is 2.04. The fraction of sp³-hybridized carbons (Fsp3) is 0.545. The van der Waals surface area contributed by atoms with Crippen LogP contribution in [-0.2, 0) is 4.74 Å². The molecule has 1 fully saturated rings. The molecule has 7 heteroatoms. The van der Waals surface area contributed by atoms with Crippen molar-refractivity contribution in [2.24, 2.45) is 0 Å². The van der Waals surface area contributed by atoms with Crippen LogP contribution in [0.2, 0.25) is 0 Å². The van der Waals surface area contributed by atoms with Crippen LogP contribution < -0.4 is 4.90 Å². The topological polar surface area (TPSA) is 66.9 Å². The molecule has 0 aliphatic carbocycles. The summed E-state index contributed by atoms with van der Waals surface area (Å²) in [6, 6.07) is 0. The first-order chi connectivity index (χ1) is 8.78. The molecule has 1 saturated heterocycles. The van der Waals surface area contributed by atoms with Gasteiger partial charge in [0.15, 0.2) is 16.6 Å². The minimum atomic E-state index is 0.233. The van der Waals surface area contributed by atoms with Crippen LogP contribution in [0.25, 0.3) is 11.0 Å². The van der Waals surface area contributed by atoms with Crippen LogP contribution in [0.4, 0.5) is 5.82 Å². The van der Waals surface area contributed by atoms with Gasteiger partial charge in [-0.3, -0.25) is 5.10 Å². The average molecular weight is 265 g/mol. The molecule has 1 N–H and O–H groups in total. The lowest BCUT2D eigenvalue weighted by Gasteiger charge is -2.31. The van der Waals surface area contributed by atoms with Crippen molar-refractivity contribution in [3.05, 3.63) is 6.20 Å². The number of anilines is 1. The van der Waals surface area contributed by atoms with E-state index in [4.69, 9.17) is 4.74 Å². The van der Waals surface area contributed by atoms with E-state index < -0.39 is 0 Å². The summed E-state index contributed by atoms with van der Waals surface area (Å²) in [5, 5.41) is 9.07. The standard InChI is InChI=1S/C11H15N5OS/c1-7-6-16(3-4-17-7)10-8-5-12-11(18-2)13-9(8)14-15-10/h5,7H,3-4,6H2,1-2H3,(H,12,13,14,15). The van der Waals surface area contributed by atoms with Crippen LogP contribution in [0.5, 0.6) is 0 Å². The number of aromatic amines is 1. The lowest BCUT2D eigenvalue weighted by molar-refractivity contribution is 0.0530. The van der Waals surface area contributed by atoms with Crippen LogP contribution in [0.15, 0.2) is 11.4 Å². The number of fused-ring (bicyclic) bond motifs is 1. The van der Waals surface area contributed by atoms with E-state index in [1.54, 1.807) is 0 Å². The zero-order valence-electron chi connectivity index (χ0n) is 10.4. The molecular weight excluding hydrogens is 250 g/mol. The normalized spacial score (nSPS) is 20.6. The monoisotopic (exact) mass is 265 g/mol. The smallest absolute Gasteiger partial charge is 0.189 e. The SMILES string of the molecule is CSc1ncc2c(N3CCOC(C)C3)n[nH]c2n1. The molecule has 0 spiro atoms. The van der Waals surface area contributed by atoms with Crippen LogP contribution in [0, 0.1) is 0 Å². The Kier molecular flexibility index (Phi) is 3.09. The maximum Gasteiger partial charge on any atom is 0.189 e. The molecule has 0 bridgehead atoms. The Balaban J connectivity index is 1.97. The molecular formula is C11H15N5OS. The molecule has 2 aromatic heterocycles. The summed E-state index contributed by atoms with van der Waals surface area (Å²) < 4.78 is 5.54. The van der Waals surface area contributed by atoms with Gasteiger partial charge in [0.2, 0.25) is 0 Å². The van der Waals surface area contributed by atoms with Crippen molar-refractivity contribution < 1.29 is 4.74 Å². The molecule has 6 nitrogen and oxygen atoms in total. The highest BCUT2D eigenvalue weighted by Crippen LogP contribution is 2.25. The summed E-state index contributed by atoms with van der Waals surface area (Å²) in [6.45, 7) is 4.52. The highest BCUT2D eigenvalue weighted by atomic mass is 32.2. The van der Waals surface area contributed by atoms with Crippen molar-refractivity contribution in [2.45, 2.75) is 18.2 Å². The van der Waals surface area contributed by atoms with E-state index in [0.717, 1.165) is 41.7 Å². The minimum absolute atomic E-state index is 0.233. The highest BCUT2D eigenvalue weighted by Gasteiger charge is 2.21. The number of ether oxygens (including phenoxy) is 1. The second kappa shape index (κ2) is 4.74. The van der Waals surface area contributed by atoms with Gasteiger partial charge in [0.1, 0.15) is 0 Å². The number of hydrogen-bond acceptors (Lipinski definition) is 6. The second-order valence-electron chi connectivity index (χ2n) is 4.29. The van der Waals surface area contributed by atoms with Gasteiger partial charge in [-0.25, -0.2) is 9.97 Å². The second-order valence-corrected chi connectivity index (χ2v) is 5.07. The zero-order chi connectivity index (χ0) is 12.5. The van der Waals surface area contributed by atoms with Gasteiger partial charge in [0, 0.05) is 19.3 Å². The number of nitrogens with zero attached hydrogens (tertiary/aromatic N) is 4. The fourth-order valence-electron chi connectivity index (χ4n) is 2.13. The molecule has 0 saturated carbocycles. The van der Waals surface area contributed by atoms with Gasteiger partial charge in [-0.15, -0.1) is 0 Å². The minimum Gasteiger partial charge on any atom is -0.375 e. The molecule has 3 rings (SSSR count). The lowest BCUT2D eigenvalue weighted by atomic mass is 10.3. The molecule has 96 valence electrons. The van der Waals surface area contributed by atoms with Gasteiger partial charge in [0.25, 0.3) is 0 Å². The molecule has 3 heterocycles. The first kappa shape index (κ1) is 11.7. The Labute approximate surface area is 109 Å². The summed E-state index contributed by atoms with van der Waals surface area (Å²) in [5.41, 5.74) is 0.795. The maximum absolute atomic E-state index is 5.54. The van der Waals surface area contributed by atoms with Gasteiger partial charge >= 0.3 is 0 Å². The largest absolute Gasteiger partial charge is 0.375 e. The van der Waals surface area contributed by atoms with Crippen LogP contribution in [-0.4, -0.2) is 52.2 Å². The van der Waals surface area contributed by atoms with Crippen LogP contribution in [0.3, 0.4) is 0 Å². The molecule has 0 amide bonds. The maximum atomic E-state index is 5.54. The quantitative estimate of drug-likeness (QED) is 0.652. The predicted molar refractivity (Wildman–Crippen MR) is 71.1 cm³/mol. The number of morpholine rings is 1. The summed E-state index contributed by atoms with van der Waals surface area (Å²) in [4.78, 5) is 10.9. The molecule has 1 aliphatic heterocycles. The van der Waals surface area contributed by atoms with Gasteiger partial charge in [0.05, 0.1) is 18.1 Å². The third-order valence-electron chi connectivity index (χ3n) is 3.00. The fourth-order valence-corrected chi connectivity index (χ4v) is 2.47. The Morgan fingerprint density at radius 3 is 3.22 bits per heavy atom. The summed E-state index contributed by atoms with van der Waals surface area (Å²) >= 11 is 1.53. The van der Waals surface area contributed by atoms with Crippen molar-refractivity contribution in [1.29, 1.82) is 0 Å². The average Bonchev–Trinajstić information content (AvgIpc) is 2.81. The Bertz CT molecular complexity index is 557. The Morgan fingerprint density at radius 1 is 1.56 bits per heavy atom. The number of H-pyrrole nitrogens is 1. The molecule has 1 atom stereocenters.